The van der Waals surface area contributed by atoms with Crippen LogP contribution in [0.2, 0.25) is 5.02 Å². The second-order valence-electron chi connectivity index (χ2n) is 3.10. The molecule has 0 atom stereocenters. The van der Waals surface area contributed by atoms with Crippen LogP contribution in [-0.4, -0.2) is 0 Å². The summed E-state index contributed by atoms with van der Waals surface area (Å²) in [4.78, 5) is 0. The van der Waals surface area contributed by atoms with Crippen molar-refractivity contribution in [3.63, 3.8) is 0 Å². The molecule has 76 valence electrons. The zero-order chi connectivity index (χ0) is 10.8. The average Bonchev–Trinajstić information content (AvgIpc) is 2.20. The van der Waals surface area contributed by atoms with Gasteiger partial charge >= 0.3 is 0 Å². The predicted octanol–water partition coefficient (Wildman–Crippen LogP) is 4.75. The van der Waals surface area contributed by atoms with E-state index in [1.165, 1.54) is 6.07 Å². The van der Waals surface area contributed by atoms with Crippen LogP contribution in [0.3, 0.4) is 0 Å². The van der Waals surface area contributed by atoms with E-state index in [1.54, 1.807) is 12.1 Å². The Labute approximate surface area is 106 Å². The van der Waals surface area contributed by atoms with E-state index < -0.39 is 0 Å². The van der Waals surface area contributed by atoms with Gasteiger partial charge in [0.25, 0.3) is 0 Å². The zero-order valence-electron chi connectivity index (χ0n) is 7.68. The van der Waals surface area contributed by atoms with Gasteiger partial charge in [-0.3, -0.25) is 0 Å². The van der Waals surface area contributed by atoms with Crippen molar-refractivity contribution in [1.29, 1.82) is 0 Å². The molecule has 0 radical (unpaired) electrons. The van der Waals surface area contributed by atoms with Gasteiger partial charge in [0.2, 0.25) is 0 Å². The van der Waals surface area contributed by atoms with Crippen molar-refractivity contribution in [2.75, 3.05) is 0 Å². The first-order valence-corrected chi connectivity index (χ1v) is 5.84. The Balaban J connectivity index is 2.58. The molecule has 0 aromatic heterocycles. The minimum absolute atomic E-state index is 0.288. The first-order valence-electron chi connectivity index (χ1n) is 4.38. The summed E-state index contributed by atoms with van der Waals surface area (Å²) in [6, 6.07) is 12.3. The Bertz CT molecular complexity index is 459. The van der Waals surface area contributed by atoms with Gasteiger partial charge in [-0.2, -0.15) is 0 Å². The highest BCUT2D eigenvalue weighted by atomic mass is 127. The van der Waals surface area contributed by atoms with Crippen molar-refractivity contribution < 1.29 is 4.39 Å². The van der Waals surface area contributed by atoms with Crippen LogP contribution in [0.1, 0.15) is 0 Å². The van der Waals surface area contributed by atoms with Gasteiger partial charge < -0.3 is 0 Å². The molecule has 0 saturated heterocycles. The first kappa shape index (κ1) is 10.9. The van der Waals surface area contributed by atoms with Gasteiger partial charge in [-0.25, -0.2) is 4.39 Å². The Kier molecular flexibility index (Phi) is 3.26. The minimum atomic E-state index is -0.288. The molecule has 0 aliphatic heterocycles. The SMILES string of the molecule is Fc1cccc(Cl)c1-c1ccc(I)cc1. The molecular weight excluding hydrogens is 325 g/mol. The molecule has 2 aromatic carbocycles. The van der Waals surface area contributed by atoms with Gasteiger partial charge in [0.15, 0.2) is 0 Å². The summed E-state index contributed by atoms with van der Waals surface area (Å²) < 4.78 is 14.7. The van der Waals surface area contributed by atoms with E-state index in [-0.39, 0.29) is 5.82 Å². The maximum atomic E-state index is 13.6. The minimum Gasteiger partial charge on any atom is -0.206 e. The summed E-state index contributed by atoms with van der Waals surface area (Å²) in [6.07, 6.45) is 0. The summed E-state index contributed by atoms with van der Waals surface area (Å²) in [5.74, 6) is -0.288. The van der Waals surface area contributed by atoms with Gasteiger partial charge in [-0.15, -0.1) is 0 Å². The standard InChI is InChI=1S/C12H7ClFI/c13-10-2-1-3-11(14)12(10)8-4-6-9(15)7-5-8/h1-7H. The summed E-state index contributed by atoms with van der Waals surface area (Å²) >= 11 is 8.17. The first-order chi connectivity index (χ1) is 7.18. The van der Waals surface area contributed by atoms with Crippen LogP contribution in [0.5, 0.6) is 0 Å². The highest BCUT2D eigenvalue weighted by Crippen LogP contribution is 2.30. The third-order valence-corrected chi connectivity index (χ3v) is 3.13. The quantitative estimate of drug-likeness (QED) is 0.661. The number of hydrogen-bond acceptors (Lipinski definition) is 0. The van der Waals surface area contributed by atoms with Crippen LogP contribution < -0.4 is 0 Å². The summed E-state index contributed by atoms with van der Waals surface area (Å²) in [5.41, 5.74) is 1.27. The molecule has 0 N–H and O–H groups in total. The van der Waals surface area contributed by atoms with Crippen molar-refractivity contribution in [1.82, 2.24) is 0 Å². The molecule has 0 bridgehead atoms. The third-order valence-electron chi connectivity index (χ3n) is 2.10. The topological polar surface area (TPSA) is 0 Å². The maximum absolute atomic E-state index is 13.6. The molecule has 0 fully saturated rings. The van der Waals surface area contributed by atoms with Gasteiger partial charge in [0.05, 0.1) is 5.02 Å². The summed E-state index contributed by atoms with van der Waals surface area (Å²) in [5, 5.41) is 0.441. The van der Waals surface area contributed by atoms with E-state index in [1.807, 2.05) is 24.3 Å². The molecule has 0 unspecified atom stereocenters. The lowest BCUT2D eigenvalue weighted by Gasteiger charge is -2.05. The van der Waals surface area contributed by atoms with Crippen molar-refractivity contribution in [3.8, 4) is 11.1 Å². The number of hydrogen-bond donors (Lipinski definition) is 0. The van der Waals surface area contributed by atoms with E-state index in [4.69, 9.17) is 11.6 Å². The van der Waals surface area contributed by atoms with Gasteiger partial charge in [-0.05, 0) is 52.4 Å². The molecule has 15 heavy (non-hydrogen) atoms. The molecule has 0 heterocycles. The molecule has 2 aromatic rings. The van der Waals surface area contributed by atoms with Crippen molar-refractivity contribution in [2.45, 2.75) is 0 Å². The van der Waals surface area contributed by atoms with E-state index in [0.717, 1.165) is 9.13 Å². The van der Waals surface area contributed by atoms with Crippen molar-refractivity contribution >= 4 is 34.2 Å². The van der Waals surface area contributed by atoms with E-state index in [2.05, 4.69) is 22.6 Å². The molecule has 0 nitrogen and oxygen atoms in total. The fraction of sp³-hybridized carbons (Fsp3) is 0. The number of benzene rings is 2. The zero-order valence-corrected chi connectivity index (χ0v) is 10.6. The largest absolute Gasteiger partial charge is 0.206 e. The fourth-order valence-corrected chi connectivity index (χ4v) is 2.02. The van der Waals surface area contributed by atoms with Gasteiger partial charge in [0, 0.05) is 9.13 Å². The molecule has 0 amide bonds. The monoisotopic (exact) mass is 332 g/mol. The lowest BCUT2D eigenvalue weighted by Crippen LogP contribution is -1.85. The number of rotatable bonds is 1. The Hall–Kier alpha value is -0.610. The summed E-state index contributed by atoms with van der Waals surface area (Å²) in [7, 11) is 0. The second-order valence-corrected chi connectivity index (χ2v) is 4.76. The second kappa shape index (κ2) is 4.49. The van der Waals surface area contributed by atoms with E-state index in [9.17, 15) is 4.39 Å². The molecular formula is C12H7ClFI. The lowest BCUT2D eigenvalue weighted by atomic mass is 10.1. The van der Waals surface area contributed by atoms with Crippen molar-refractivity contribution in [3.05, 3.63) is 56.9 Å². The highest BCUT2D eigenvalue weighted by molar-refractivity contribution is 14.1. The molecule has 0 aliphatic rings. The Morgan fingerprint density at radius 3 is 2.27 bits per heavy atom. The fourth-order valence-electron chi connectivity index (χ4n) is 1.39. The maximum Gasteiger partial charge on any atom is 0.132 e. The van der Waals surface area contributed by atoms with Crippen LogP contribution in [0.15, 0.2) is 42.5 Å². The molecule has 0 spiro atoms. The van der Waals surface area contributed by atoms with Crippen LogP contribution in [0, 0.1) is 9.39 Å². The van der Waals surface area contributed by atoms with Crippen LogP contribution in [-0.2, 0) is 0 Å². The van der Waals surface area contributed by atoms with Crippen molar-refractivity contribution in [2.24, 2.45) is 0 Å². The molecule has 3 heteroatoms. The third kappa shape index (κ3) is 2.32. The lowest BCUT2D eigenvalue weighted by molar-refractivity contribution is 0.631. The van der Waals surface area contributed by atoms with E-state index in [0.29, 0.717) is 10.6 Å². The smallest absolute Gasteiger partial charge is 0.132 e. The summed E-state index contributed by atoms with van der Waals surface area (Å²) in [6.45, 7) is 0. The predicted molar refractivity (Wildman–Crippen MR) is 69.6 cm³/mol. The average molecular weight is 333 g/mol. The van der Waals surface area contributed by atoms with Crippen LogP contribution in [0.4, 0.5) is 4.39 Å². The Morgan fingerprint density at radius 2 is 1.67 bits per heavy atom. The molecule has 2 rings (SSSR count). The Morgan fingerprint density at radius 1 is 1.00 bits per heavy atom. The van der Waals surface area contributed by atoms with Crippen LogP contribution >= 0.6 is 34.2 Å². The van der Waals surface area contributed by atoms with E-state index >= 15 is 0 Å². The van der Waals surface area contributed by atoms with Gasteiger partial charge in [0.1, 0.15) is 5.82 Å². The highest BCUT2D eigenvalue weighted by Gasteiger charge is 2.08. The number of halogens is 3. The van der Waals surface area contributed by atoms with Gasteiger partial charge in [-0.1, -0.05) is 29.8 Å². The van der Waals surface area contributed by atoms with Crippen LogP contribution in [0.25, 0.3) is 11.1 Å². The normalized spacial score (nSPS) is 10.3. The molecule has 0 saturated carbocycles. The molecule has 0 aliphatic carbocycles.